The summed E-state index contributed by atoms with van der Waals surface area (Å²) < 4.78 is 2.02. The van der Waals surface area contributed by atoms with Gasteiger partial charge in [-0.05, 0) is 90.1 Å². The standard InChI is InChI=1S/C38H37N5O2/c44-37(40-24-28-9-8-20-39-23-28)36-19-18-33-27-43(35-13-5-3-11-32(35)26-42(33)36)38(45)30-16-14-29(15-17-30)34-12-4-2-10-31(34)25-41-21-6-1-7-22-41/h2-5,8-20,23H,1,6-7,21-22,24-27H2,(H,40,44). The van der Waals surface area contributed by atoms with E-state index in [-0.39, 0.29) is 11.8 Å². The van der Waals surface area contributed by atoms with E-state index in [2.05, 4.69) is 51.6 Å². The van der Waals surface area contributed by atoms with E-state index in [1.807, 2.05) is 70.1 Å². The van der Waals surface area contributed by atoms with Crippen molar-refractivity contribution in [2.75, 3.05) is 18.0 Å². The summed E-state index contributed by atoms with van der Waals surface area (Å²) in [5, 5.41) is 3.02. The molecule has 0 radical (unpaired) electrons. The predicted molar refractivity (Wildman–Crippen MR) is 177 cm³/mol. The van der Waals surface area contributed by atoms with Crippen molar-refractivity contribution < 1.29 is 9.59 Å². The summed E-state index contributed by atoms with van der Waals surface area (Å²) in [4.78, 5) is 35.9. The first-order chi connectivity index (χ1) is 22.1. The van der Waals surface area contributed by atoms with Crippen LogP contribution >= 0.6 is 0 Å². The van der Waals surface area contributed by atoms with Crippen LogP contribution in [0.1, 0.15) is 62.5 Å². The lowest BCUT2D eigenvalue weighted by Gasteiger charge is -2.27. The van der Waals surface area contributed by atoms with Crippen molar-refractivity contribution in [3.63, 3.8) is 0 Å². The summed E-state index contributed by atoms with van der Waals surface area (Å²) in [6.45, 7) is 4.52. The predicted octanol–water partition coefficient (Wildman–Crippen LogP) is 6.67. The number of benzene rings is 3. The summed E-state index contributed by atoms with van der Waals surface area (Å²) in [7, 11) is 0. The molecule has 3 aromatic carbocycles. The van der Waals surface area contributed by atoms with Crippen LogP contribution in [0, 0.1) is 0 Å². The molecule has 226 valence electrons. The van der Waals surface area contributed by atoms with Gasteiger partial charge in [-0.25, -0.2) is 0 Å². The van der Waals surface area contributed by atoms with Gasteiger partial charge in [-0.3, -0.25) is 19.5 Å². The molecule has 1 saturated heterocycles. The molecule has 45 heavy (non-hydrogen) atoms. The molecular formula is C38H37N5O2. The summed E-state index contributed by atoms with van der Waals surface area (Å²) in [5.74, 6) is -0.216. The van der Waals surface area contributed by atoms with E-state index in [4.69, 9.17) is 0 Å². The fourth-order valence-electron chi connectivity index (χ4n) is 6.56. The number of rotatable bonds is 7. The highest BCUT2D eigenvalue weighted by Crippen LogP contribution is 2.31. The number of aromatic nitrogens is 2. The number of anilines is 1. The van der Waals surface area contributed by atoms with Crippen molar-refractivity contribution in [1.29, 1.82) is 0 Å². The van der Waals surface area contributed by atoms with Crippen molar-refractivity contribution in [3.8, 4) is 11.1 Å². The van der Waals surface area contributed by atoms with E-state index >= 15 is 0 Å². The Kier molecular flexibility index (Phi) is 8.25. The number of fused-ring (bicyclic) bond motifs is 2. The maximum atomic E-state index is 14.1. The molecule has 0 bridgehead atoms. The molecule has 2 aliphatic heterocycles. The molecule has 7 heteroatoms. The van der Waals surface area contributed by atoms with E-state index in [1.54, 1.807) is 12.4 Å². The monoisotopic (exact) mass is 595 g/mol. The molecule has 7 nitrogen and oxygen atoms in total. The van der Waals surface area contributed by atoms with Crippen molar-refractivity contribution >= 4 is 17.5 Å². The van der Waals surface area contributed by atoms with Crippen LogP contribution in [-0.4, -0.2) is 39.4 Å². The molecule has 1 N–H and O–H groups in total. The van der Waals surface area contributed by atoms with E-state index in [1.165, 1.54) is 30.4 Å². The third kappa shape index (κ3) is 6.17. The van der Waals surface area contributed by atoms with E-state index in [9.17, 15) is 9.59 Å². The van der Waals surface area contributed by atoms with Crippen LogP contribution in [0.2, 0.25) is 0 Å². The highest BCUT2D eigenvalue weighted by atomic mass is 16.2. The van der Waals surface area contributed by atoms with Gasteiger partial charge in [-0.2, -0.15) is 0 Å². The molecular weight excluding hydrogens is 558 g/mol. The number of carbonyl (C=O) groups is 2. The summed E-state index contributed by atoms with van der Waals surface area (Å²) in [5.41, 5.74) is 8.57. The Morgan fingerprint density at radius 3 is 2.40 bits per heavy atom. The van der Waals surface area contributed by atoms with Crippen LogP contribution in [0.4, 0.5) is 5.69 Å². The summed E-state index contributed by atoms with van der Waals surface area (Å²) in [6, 6.07) is 32.2. The van der Waals surface area contributed by atoms with Crippen LogP contribution in [0.3, 0.4) is 0 Å². The Balaban J connectivity index is 1.13. The lowest BCUT2D eigenvalue weighted by molar-refractivity contribution is 0.0941. The number of pyridine rings is 1. The first-order valence-electron chi connectivity index (χ1n) is 15.8. The van der Waals surface area contributed by atoms with Crippen LogP contribution in [0.5, 0.6) is 0 Å². The normalized spacial score (nSPS) is 14.7. The minimum atomic E-state index is -0.154. The Morgan fingerprint density at radius 1 is 0.778 bits per heavy atom. The number of amides is 2. The number of piperidine rings is 1. The minimum absolute atomic E-state index is 0.0622. The van der Waals surface area contributed by atoms with Crippen molar-refractivity contribution in [3.05, 3.63) is 143 Å². The molecule has 0 saturated carbocycles. The Morgan fingerprint density at radius 2 is 1.58 bits per heavy atom. The van der Waals surface area contributed by atoms with Gasteiger partial charge in [0, 0.05) is 42.4 Å². The first kappa shape index (κ1) is 28.7. The van der Waals surface area contributed by atoms with Crippen LogP contribution in [0.25, 0.3) is 11.1 Å². The van der Waals surface area contributed by atoms with Crippen LogP contribution in [-0.2, 0) is 26.2 Å². The van der Waals surface area contributed by atoms with Gasteiger partial charge in [0.1, 0.15) is 5.69 Å². The van der Waals surface area contributed by atoms with E-state index in [0.717, 1.165) is 47.7 Å². The Bertz CT molecular complexity index is 1810. The molecule has 2 aromatic heterocycles. The molecule has 0 unspecified atom stereocenters. The maximum absolute atomic E-state index is 14.1. The number of hydrogen-bond donors (Lipinski definition) is 1. The van der Waals surface area contributed by atoms with E-state index < -0.39 is 0 Å². The number of carbonyl (C=O) groups excluding carboxylic acids is 2. The van der Waals surface area contributed by atoms with Crippen LogP contribution in [0.15, 0.2) is 109 Å². The van der Waals surface area contributed by atoms with Gasteiger partial charge in [0.25, 0.3) is 11.8 Å². The second-order valence-electron chi connectivity index (χ2n) is 11.9. The molecule has 5 aromatic rings. The zero-order valence-electron chi connectivity index (χ0n) is 25.4. The molecule has 2 aliphatic rings. The van der Waals surface area contributed by atoms with Gasteiger partial charge in [0.2, 0.25) is 0 Å². The topological polar surface area (TPSA) is 70.5 Å². The SMILES string of the molecule is O=C(NCc1cccnc1)c1ccc2n1Cc1ccccc1N(C(=O)c1ccc(-c3ccccc3CN3CCCCC3)cc1)C2. The highest BCUT2D eigenvalue weighted by molar-refractivity contribution is 6.07. The van der Waals surface area contributed by atoms with Gasteiger partial charge in [-0.15, -0.1) is 0 Å². The van der Waals surface area contributed by atoms with Gasteiger partial charge in [0.15, 0.2) is 0 Å². The molecule has 0 spiro atoms. The fraction of sp³-hybridized carbons (Fsp3) is 0.237. The minimum Gasteiger partial charge on any atom is -0.347 e. The second-order valence-corrected chi connectivity index (χ2v) is 11.9. The van der Waals surface area contributed by atoms with Crippen LogP contribution < -0.4 is 10.2 Å². The number of para-hydroxylation sites is 1. The highest BCUT2D eigenvalue weighted by Gasteiger charge is 2.27. The number of hydrogen-bond acceptors (Lipinski definition) is 4. The van der Waals surface area contributed by atoms with Crippen molar-refractivity contribution in [2.24, 2.45) is 0 Å². The average Bonchev–Trinajstić information content (AvgIpc) is 3.41. The largest absolute Gasteiger partial charge is 0.347 e. The zero-order chi connectivity index (χ0) is 30.6. The average molecular weight is 596 g/mol. The second kappa shape index (κ2) is 12.9. The molecule has 2 amide bonds. The smallest absolute Gasteiger partial charge is 0.268 e. The summed E-state index contributed by atoms with van der Waals surface area (Å²) >= 11 is 0. The fourth-order valence-corrected chi connectivity index (χ4v) is 6.56. The first-order valence-corrected chi connectivity index (χ1v) is 15.8. The van der Waals surface area contributed by atoms with Gasteiger partial charge in [-0.1, -0.05) is 67.1 Å². The maximum Gasteiger partial charge on any atom is 0.268 e. The number of likely N-dealkylation sites (tertiary alicyclic amines) is 1. The van der Waals surface area contributed by atoms with Crippen molar-refractivity contribution in [1.82, 2.24) is 19.8 Å². The van der Waals surface area contributed by atoms with E-state index in [0.29, 0.717) is 30.9 Å². The van der Waals surface area contributed by atoms with Gasteiger partial charge >= 0.3 is 0 Å². The zero-order valence-corrected chi connectivity index (χ0v) is 25.4. The summed E-state index contributed by atoms with van der Waals surface area (Å²) in [6.07, 6.45) is 7.32. The molecule has 7 rings (SSSR count). The molecule has 0 atom stereocenters. The number of nitrogens with one attached hydrogen (secondary N) is 1. The number of nitrogens with zero attached hydrogens (tertiary/aromatic N) is 4. The van der Waals surface area contributed by atoms with Gasteiger partial charge in [0.05, 0.1) is 13.1 Å². The third-order valence-corrected chi connectivity index (χ3v) is 8.96. The van der Waals surface area contributed by atoms with Crippen molar-refractivity contribution in [2.45, 2.75) is 45.4 Å². The lowest BCUT2D eigenvalue weighted by Crippen LogP contribution is -2.30. The molecule has 4 heterocycles. The quantitative estimate of drug-likeness (QED) is 0.228. The van der Waals surface area contributed by atoms with Gasteiger partial charge < -0.3 is 14.8 Å². The Labute approximate surface area is 264 Å². The Hall–Kier alpha value is -5.01. The lowest BCUT2D eigenvalue weighted by atomic mass is 9.97. The molecule has 0 aliphatic carbocycles. The third-order valence-electron chi connectivity index (χ3n) is 8.96. The molecule has 1 fully saturated rings.